The van der Waals surface area contributed by atoms with Gasteiger partial charge in [-0.1, -0.05) is 26.0 Å². The fraction of sp³-hybridized carbons (Fsp3) is 0.353. The number of nitrogens with zero attached hydrogens (tertiary/aromatic N) is 2. The highest BCUT2D eigenvalue weighted by Crippen LogP contribution is 2.19. The van der Waals surface area contributed by atoms with Gasteiger partial charge < -0.3 is 10.4 Å². The molecule has 7 heteroatoms. The molecule has 1 aromatic carbocycles. The van der Waals surface area contributed by atoms with Crippen molar-refractivity contribution in [1.29, 1.82) is 0 Å². The summed E-state index contributed by atoms with van der Waals surface area (Å²) in [5.74, 6) is -2.07. The summed E-state index contributed by atoms with van der Waals surface area (Å²) in [4.78, 5) is 23.9. The Hall–Kier alpha value is -2.70. The maximum Gasteiger partial charge on any atom is 0.330 e. The van der Waals surface area contributed by atoms with Crippen molar-refractivity contribution in [2.75, 3.05) is 0 Å². The SMILES string of the molecule is Cc1cc(C(NC(=O)c2cc(C(C)C)n(C)n2)C(=O)O)ccc1F. The smallest absolute Gasteiger partial charge is 0.330 e. The molecule has 2 N–H and O–H groups in total. The van der Waals surface area contributed by atoms with Crippen molar-refractivity contribution in [2.24, 2.45) is 7.05 Å². The number of aromatic nitrogens is 2. The molecule has 0 saturated heterocycles. The van der Waals surface area contributed by atoms with Crippen LogP contribution in [0.2, 0.25) is 0 Å². The minimum Gasteiger partial charge on any atom is -0.479 e. The van der Waals surface area contributed by atoms with Crippen molar-refractivity contribution in [1.82, 2.24) is 15.1 Å². The Labute approximate surface area is 139 Å². The Balaban J connectivity index is 2.27. The predicted molar refractivity (Wildman–Crippen MR) is 86.3 cm³/mol. The van der Waals surface area contributed by atoms with Crippen LogP contribution in [0, 0.1) is 12.7 Å². The summed E-state index contributed by atoms with van der Waals surface area (Å²) in [5.41, 5.74) is 1.62. The van der Waals surface area contributed by atoms with Crippen molar-refractivity contribution in [2.45, 2.75) is 32.7 Å². The second-order valence-electron chi connectivity index (χ2n) is 5.99. The molecule has 6 nitrogen and oxygen atoms in total. The number of carbonyl (C=O) groups excluding carboxylic acids is 1. The van der Waals surface area contributed by atoms with E-state index in [0.717, 1.165) is 5.69 Å². The third-order valence-corrected chi connectivity index (χ3v) is 3.78. The summed E-state index contributed by atoms with van der Waals surface area (Å²) in [6, 6.07) is 4.30. The first kappa shape index (κ1) is 17.7. The number of carboxylic acid groups (broad SMARTS) is 1. The molecule has 0 spiro atoms. The van der Waals surface area contributed by atoms with Crippen LogP contribution in [0.25, 0.3) is 0 Å². The largest absolute Gasteiger partial charge is 0.479 e. The molecule has 0 aliphatic heterocycles. The van der Waals surface area contributed by atoms with E-state index in [9.17, 15) is 19.1 Å². The summed E-state index contributed by atoms with van der Waals surface area (Å²) in [5, 5.41) is 16.0. The summed E-state index contributed by atoms with van der Waals surface area (Å²) >= 11 is 0. The first-order valence-corrected chi connectivity index (χ1v) is 7.54. The van der Waals surface area contributed by atoms with Gasteiger partial charge in [-0.15, -0.1) is 0 Å². The lowest BCUT2D eigenvalue weighted by Gasteiger charge is -2.15. The molecular formula is C17H20FN3O3. The van der Waals surface area contributed by atoms with Gasteiger partial charge in [0.2, 0.25) is 0 Å². The minimum absolute atomic E-state index is 0.145. The van der Waals surface area contributed by atoms with E-state index >= 15 is 0 Å². The number of nitrogens with one attached hydrogen (secondary N) is 1. The molecule has 1 aromatic heterocycles. The van der Waals surface area contributed by atoms with Crippen molar-refractivity contribution in [3.8, 4) is 0 Å². The fourth-order valence-corrected chi connectivity index (χ4v) is 2.47. The molecule has 1 heterocycles. The van der Waals surface area contributed by atoms with Crippen molar-refractivity contribution < 1.29 is 19.1 Å². The number of hydrogen-bond acceptors (Lipinski definition) is 3. The second kappa shape index (κ2) is 6.82. The molecule has 24 heavy (non-hydrogen) atoms. The molecule has 0 bridgehead atoms. The van der Waals surface area contributed by atoms with Gasteiger partial charge in [-0.2, -0.15) is 5.10 Å². The lowest BCUT2D eigenvalue weighted by molar-refractivity contribution is -0.139. The number of hydrogen-bond donors (Lipinski definition) is 2. The van der Waals surface area contributed by atoms with Crippen LogP contribution >= 0.6 is 0 Å². The van der Waals surface area contributed by atoms with Gasteiger partial charge in [0.15, 0.2) is 6.04 Å². The highest BCUT2D eigenvalue weighted by Gasteiger charge is 2.25. The second-order valence-corrected chi connectivity index (χ2v) is 5.99. The minimum atomic E-state index is -1.28. The summed E-state index contributed by atoms with van der Waals surface area (Å²) in [6.45, 7) is 5.48. The van der Waals surface area contributed by atoms with Gasteiger partial charge in [0.05, 0.1) is 0 Å². The summed E-state index contributed by atoms with van der Waals surface area (Å²) < 4.78 is 15.0. The zero-order valence-corrected chi connectivity index (χ0v) is 14.0. The Morgan fingerprint density at radius 2 is 1.96 bits per heavy atom. The summed E-state index contributed by atoms with van der Waals surface area (Å²) in [7, 11) is 1.73. The number of aliphatic carboxylic acids is 1. The Kier molecular flexibility index (Phi) is 5.02. The maximum atomic E-state index is 13.4. The molecule has 2 rings (SSSR count). The number of carbonyl (C=O) groups is 2. The average molecular weight is 333 g/mol. The highest BCUT2D eigenvalue weighted by atomic mass is 19.1. The zero-order chi connectivity index (χ0) is 18.0. The van der Waals surface area contributed by atoms with E-state index in [2.05, 4.69) is 10.4 Å². The highest BCUT2D eigenvalue weighted by molar-refractivity contribution is 5.95. The molecular weight excluding hydrogens is 313 g/mol. The molecule has 2 aromatic rings. The molecule has 0 fully saturated rings. The lowest BCUT2D eigenvalue weighted by Crippen LogP contribution is -2.34. The third kappa shape index (κ3) is 3.61. The van der Waals surface area contributed by atoms with E-state index in [0.29, 0.717) is 11.1 Å². The molecule has 1 unspecified atom stereocenters. The number of amides is 1. The van der Waals surface area contributed by atoms with Crippen LogP contribution in [-0.2, 0) is 11.8 Å². The molecule has 0 aliphatic carbocycles. The maximum absolute atomic E-state index is 13.4. The molecule has 1 atom stereocenters. The number of carboxylic acids is 1. The van der Waals surface area contributed by atoms with Crippen LogP contribution in [0.4, 0.5) is 4.39 Å². The van der Waals surface area contributed by atoms with E-state index in [4.69, 9.17) is 0 Å². The lowest BCUT2D eigenvalue weighted by atomic mass is 10.0. The summed E-state index contributed by atoms with van der Waals surface area (Å²) in [6.07, 6.45) is 0. The number of aryl methyl sites for hydroxylation is 2. The normalized spacial score (nSPS) is 12.2. The van der Waals surface area contributed by atoms with Gasteiger partial charge in [0.1, 0.15) is 11.5 Å². The van der Waals surface area contributed by atoms with E-state index in [1.165, 1.54) is 25.1 Å². The fourth-order valence-electron chi connectivity index (χ4n) is 2.47. The first-order valence-electron chi connectivity index (χ1n) is 7.54. The topological polar surface area (TPSA) is 84.2 Å². The number of rotatable bonds is 5. The third-order valence-electron chi connectivity index (χ3n) is 3.78. The number of benzene rings is 1. The van der Waals surface area contributed by atoms with Gasteiger partial charge in [-0.05, 0) is 36.1 Å². The van der Waals surface area contributed by atoms with Gasteiger partial charge in [0, 0.05) is 12.7 Å². The standard InChI is InChI=1S/C17H20FN3O3/c1-9(2)14-8-13(20-21(14)4)16(22)19-15(17(23)24)11-5-6-12(18)10(3)7-11/h5-9,15H,1-4H3,(H,19,22)(H,23,24). The zero-order valence-electron chi connectivity index (χ0n) is 14.0. The van der Waals surface area contributed by atoms with Crippen LogP contribution in [0.15, 0.2) is 24.3 Å². The number of halogens is 1. The quantitative estimate of drug-likeness (QED) is 0.881. The molecule has 128 valence electrons. The van der Waals surface area contributed by atoms with Gasteiger partial charge in [-0.3, -0.25) is 9.48 Å². The van der Waals surface area contributed by atoms with Crippen molar-refractivity contribution >= 4 is 11.9 Å². The predicted octanol–water partition coefficient (Wildman–Crippen LogP) is 2.55. The Morgan fingerprint density at radius 1 is 1.29 bits per heavy atom. The van der Waals surface area contributed by atoms with Crippen LogP contribution in [0.5, 0.6) is 0 Å². The van der Waals surface area contributed by atoms with Crippen LogP contribution in [0.1, 0.15) is 53.1 Å². The molecule has 1 amide bonds. The Morgan fingerprint density at radius 3 is 2.46 bits per heavy atom. The van der Waals surface area contributed by atoms with E-state index in [-0.39, 0.29) is 11.6 Å². The van der Waals surface area contributed by atoms with Crippen LogP contribution in [-0.4, -0.2) is 26.8 Å². The Bertz CT molecular complexity index is 783. The monoisotopic (exact) mass is 333 g/mol. The molecule has 0 radical (unpaired) electrons. The van der Waals surface area contributed by atoms with Crippen molar-refractivity contribution in [3.63, 3.8) is 0 Å². The van der Waals surface area contributed by atoms with E-state index in [1.807, 2.05) is 13.8 Å². The van der Waals surface area contributed by atoms with Gasteiger partial charge >= 0.3 is 5.97 Å². The molecule has 0 saturated carbocycles. The van der Waals surface area contributed by atoms with Gasteiger partial charge in [-0.25, -0.2) is 9.18 Å². The van der Waals surface area contributed by atoms with Crippen LogP contribution < -0.4 is 5.32 Å². The van der Waals surface area contributed by atoms with E-state index in [1.54, 1.807) is 17.8 Å². The van der Waals surface area contributed by atoms with Crippen molar-refractivity contribution in [3.05, 3.63) is 52.6 Å². The van der Waals surface area contributed by atoms with E-state index < -0.39 is 23.7 Å². The van der Waals surface area contributed by atoms with Crippen LogP contribution in [0.3, 0.4) is 0 Å². The first-order chi connectivity index (χ1) is 11.2. The average Bonchev–Trinajstić information content (AvgIpc) is 2.89. The van der Waals surface area contributed by atoms with Gasteiger partial charge in [0.25, 0.3) is 5.91 Å². The molecule has 0 aliphatic rings.